The lowest BCUT2D eigenvalue weighted by atomic mass is 9.88. The van der Waals surface area contributed by atoms with Gasteiger partial charge in [-0.25, -0.2) is 0 Å². The molecule has 3 rings (SSSR count). The van der Waals surface area contributed by atoms with Gasteiger partial charge in [0.15, 0.2) is 11.6 Å². The van der Waals surface area contributed by atoms with Crippen molar-refractivity contribution in [2.45, 2.75) is 82.9 Å². The molecule has 0 spiro atoms. The highest BCUT2D eigenvalue weighted by atomic mass is 16.8. The lowest BCUT2D eigenvalue weighted by molar-refractivity contribution is -0.160. The average molecular weight is 352 g/mol. The van der Waals surface area contributed by atoms with Gasteiger partial charge in [-0.3, -0.25) is 4.79 Å². The Morgan fingerprint density at radius 1 is 1.20 bits per heavy atom. The third kappa shape index (κ3) is 4.51. The van der Waals surface area contributed by atoms with Gasteiger partial charge in [-0.1, -0.05) is 25.0 Å². The number of ketones is 1. The monoisotopic (exact) mass is 352 g/mol. The van der Waals surface area contributed by atoms with Crippen molar-refractivity contribution in [3.63, 3.8) is 0 Å². The smallest absolute Gasteiger partial charge is 0.164 e. The van der Waals surface area contributed by atoms with E-state index in [1.807, 2.05) is 0 Å². The van der Waals surface area contributed by atoms with Crippen LogP contribution in [0.3, 0.4) is 0 Å². The maximum absolute atomic E-state index is 12.5. The van der Waals surface area contributed by atoms with Gasteiger partial charge in [0.25, 0.3) is 0 Å². The fraction of sp³-hybridized carbons (Fsp3) is 0.850. The van der Waals surface area contributed by atoms with E-state index >= 15 is 0 Å². The number of allylic oxidation sites excluding steroid dienone is 2. The highest BCUT2D eigenvalue weighted by molar-refractivity contribution is 5.84. The molecule has 0 aromatic rings. The third-order valence-electron chi connectivity index (χ3n) is 5.93. The summed E-state index contributed by atoms with van der Waals surface area (Å²) in [7, 11) is 0. The molecular weight excluding hydrogens is 320 g/mol. The van der Waals surface area contributed by atoms with Crippen LogP contribution in [0, 0.1) is 17.8 Å². The van der Waals surface area contributed by atoms with Crippen LogP contribution < -0.4 is 0 Å². The Balaban J connectivity index is 1.37. The van der Waals surface area contributed by atoms with Gasteiger partial charge in [0.05, 0.1) is 6.61 Å². The second-order valence-electron chi connectivity index (χ2n) is 8.38. The summed E-state index contributed by atoms with van der Waals surface area (Å²) >= 11 is 0. The van der Waals surface area contributed by atoms with Crippen molar-refractivity contribution in [2.75, 3.05) is 6.61 Å². The number of rotatable bonds is 9. The maximum atomic E-state index is 12.5. The number of aliphatic hydroxyl groups excluding tert-OH is 2. The van der Waals surface area contributed by atoms with Crippen LogP contribution in [0.5, 0.6) is 0 Å². The van der Waals surface area contributed by atoms with Gasteiger partial charge in [0.2, 0.25) is 0 Å². The topological polar surface area (TPSA) is 76.0 Å². The summed E-state index contributed by atoms with van der Waals surface area (Å²) in [5, 5.41) is 19.0. The molecule has 6 atom stereocenters. The Bertz CT molecular complexity index is 500. The standard InChI is InChI=1S/C20H32O5/c1-20(2)24-18(19(25-20)17(23)12-21)16(22)7-5-3-4-6-14-10-13-8-9-15(14)11-13/h8-9,13-15,17-19,21,23H,3-7,10-12H2,1-2H3. The normalized spacial score (nSPS) is 36.9. The predicted molar refractivity (Wildman–Crippen MR) is 93.9 cm³/mol. The SMILES string of the molecule is CC1(C)OC(C(=O)CCCCCC2CC3C=CC2C3)C(C(O)CO)O1. The van der Waals surface area contributed by atoms with E-state index in [1.54, 1.807) is 13.8 Å². The summed E-state index contributed by atoms with van der Waals surface area (Å²) < 4.78 is 11.3. The molecular formula is C20H32O5. The Kier molecular flexibility index (Phi) is 5.99. The number of fused-ring (bicyclic) bond motifs is 2. The highest BCUT2D eigenvalue weighted by Crippen LogP contribution is 2.45. The highest BCUT2D eigenvalue weighted by Gasteiger charge is 2.47. The Morgan fingerprint density at radius 2 is 2.00 bits per heavy atom. The van der Waals surface area contributed by atoms with Crippen molar-refractivity contribution in [1.82, 2.24) is 0 Å². The molecule has 0 radical (unpaired) electrons. The molecule has 0 aromatic carbocycles. The molecule has 0 aromatic heterocycles. The summed E-state index contributed by atoms with van der Waals surface area (Å²) in [6.45, 7) is 3.01. The molecule has 25 heavy (non-hydrogen) atoms. The molecule has 1 saturated carbocycles. The number of carbonyl (C=O) groups excluding carboxylic acids is 1. The predicted octanol–water partition coefficient (Wildman–Crippen LogP) is 2.59. The molecule has 6 unspecified atom stereocenters. The third-order valence-corrected chi connectivity index (χ3v) is 5.93. The summed E-state index contributed by atoms with van der Waals surface area (Å²) in [6.07, 6.45) is 9.59. The minimum atomic E-state index is -1.10. The van der Waals surface area contributed by atoms with Gasteiger partial charge >= 0.3 is 0 Å². The van der Waals surface area contributed by atoms with E-state index in [0.29, 0.717) is 6.42 Å². The molecule has 2 N–H and O–H groups in total. The minimum absolute atomic E-state index is 0.0362. The maximum Gasteiger partial charge on any atom is 0.164 e. The van der Waals surface area contributed by atoms with Crippen LogP contribution in [0.2, 0.25) is 0 Å². The number of hydrogen-bond donors (Lipinski definition) is 2. The number of carbonyl (C=O) groups is 1. The lowest BCUT2D eigenvalue weighted by Crippen LogP contribution is -2.41. The number of ether oxygens (including phenoxy) is 2. The van der Waals surface area contributed by atoms with Gasteiger partial charge in [0.1, 0.15) is 18.3 Å². The molecule has 3 aliphatic rings. The number of hydrogen-bond acceptors (Lipinski definition) is 5. The second-order valence-corrected chi connectivity index (χ2v) is 8.38. The van der Waals surface area contributed by atoms with Crippen LogP contribution in [-0.4, -0.2) is 46.7 Å². The fourth-order valence-electron chi connectivity index (χ4n) is 4.67. The largest absolute Gasteiger partial charge is 0.394 e. The van der Waals surface area contributed by atoms with Crippen LogP contribution in [0.1, 0.15) is 58.8 Å². The molecule has 2 bridgehead atoms. The first kappa shape index (κ1) is 19.0. The molecule has 142 valence electrons. The molecule has 0 amide bonds. The second kappa shape index (κ2) is 7.87. The lowest BCUT2D eigenvalue weighted by Gasteiger charge is -2.20. The van der Waals surface area contributed by atoms with Crippen LogP contribution in [0.25, 0.3) is 0 Å². The fourth-order valence-corrected chi connectivity index (χ4v) is 4.67. The van der Waals surface area contributed by atoms with Crippen molar-refractivity contribution >= 4 is 5.78 Å². The van der Waals surface area contributed by atoms with E-state index in [0.717, 1.165) is 30.6 Å². The van der Waals surface area contributed by atoms with E-state index in [2.05, 4.69) is 12.2 Å². The molecule has 5 heteroatoms. The first-order valence-electron chi connectivity index (χ1n) is 9.75. The van der Waals surface area contributed by atoms with Gasteiger partial charge in [-0.05, 0) is 57.3 Å². The zero-order valence-corrected chi connectivity index (χ0v) is 15.4. The molecule has 5 nitrogen and oxygen atoms in total. The van der Waals surface area contributed by atoms with Crippen molar-refractivity contribution < 1.29 is 24.5 Å². The summed E-state index contributed by atoms with van der Waals surface area (Å²) in [6, 6.07) is 0. The zero-order valence-electron chi connectivity index (χ0n) is 15.4. The van der Waals surface area contributed by atoms with Crippen molar-refractivity contribution in [3.05, 3.63) is 12.2 Å². The molecule has 2 fully saturated rings. The van der Waals surface area contributed by atoms with E-state index in [9.17, 15) is 9.90 Å². The van der Waals surface area contributed by atoms with Crippen LogP contribution in [-0.2, 0) is 14.3 Å². The summed E-state index contributed by atoms with van der Waals surface area (Å²) in [4.78, 5) is 12.5. The first-order chi connectivity index (χ1) is 11.9. The van der Waals surface area contributed by atoms with Crippen LogP contribution >= 0.6 is 0 Å². The van der Waals surface area contributed by atoms with Gasteiger partial charge in [-0.2, -0.15) is 0 Å². The molecule has 2 aliphatic carbocycles. The molecule has 1 aliphatic heterocycles. The Morgan fingerprint density at radius 3 is 2.64 bits per heavy atom. The van der Waals surface area contributed by atoms with E-state index in [1.165, 1.54) is 25.7 Å². The van der Waals surface area contributed by atoms with Crippen molar-refractivity contribution in [2.24, 2.45) is 17.8 Å². The number of Topliss-reactive ketones (excluding diaryl/α,β-unsaturated/α-hetero) is 1. The Hall–Kier alpha value is -0.750. The average Bonchev–Trinajstić information content (AvgIpc) is 3.27. The molecule has 1 heterocycles. The Labute approximate surface area is 150 Å². The van der Waals surface area contributed by atoms with Gasteiger partial charge in [-0.15, -0.1) is 0 Å². The number of unbranched alkanes of at least 4 members (excludes halogenated alkanes) is 2. The van der Waals surface area contributed by atoms with Gasteiger partial charge < -0.3 is 19.7 Å². The minimum Gasteiger partial charge on any atom is -0.394 e. The van der Waals surface area contributed by atoms with Crippen LogP contribution in [0.15, 0.2) is 12.2 Å². The van der Waals surface area contributed by atoms with E-state index < -0.39 is 30.7 Å². The quantitative estimate of drug-likeness (QED) is 0.493. The number of aliphatic hydroxyl groups is 2. The molecule has 1 saturated heterocycles. The van der Waals surface area contributed by atoms with E-state index in [-0.39, 0.29) is 5.78 Å². The summed E-state index contributed by atoms with van der Waals surface area (Å²) in [5.41, 5.74) is 0. The van der Waals surface area contributed by atoms with Crippen LogP contribution in [0.4, 0.5) is 0 Å². The van der Waals surface area contributed by atoms with Crippen molar-refractivity contribution in [3.8, 4) is 0 Å². The summed E-state index contributed by atoms with van der Waals surface area (Å²) in [5.74, 6) is 1.54. The zero-order chi connectivity index (χ0) is 18.0. The van der Waals surface area contributed by atoms with Crippen molar-refractivity contribution in [1.29, 1.82) is 0 Å². The van der Waals surface area contributed by atoms with Gasteiger partial charge in [0, 0.05) is 6.42 Å². The first-order valence-corrected chi connectivity index (χ1v) is 9.75. The van der Waals surface area contributed by atoms with E-state index in [4.69, 9.17) is 14.6 Å².